The molecular weight excluding hydrogens is 341 g/mol. The molecule has 0 spiro atoms. The molecule has 4 nitrogen and oxygen atoms in total. The number of thiazole rings is 1. The fourth-order valence-electron chi connectivity index (χ4n) is 2.16. The van der Waals surface area contributed by atoms with E-state index < -0.39 is 5.91 Å². The zero-order valence-corrected chi connectivity index (χ0v) is 14.1. The van der Waals surface area contributed by atoms with Crippen LogP contribution in [0.5, 0.6) is 0 Å². The van der Waals surface area contributed by atoms with Crippen molar-refractivity contribution in [2.24, 2.45) is 0 Å². The summed E-state index contributed by atoms with van der Waals surface area (Å²) in [5, 5.41) is 3.69. The number of nitrogens with one attached hydrogen (secondary N) is 1. The molecule has 112 valence electrons. The first kappa shape index (κ1) is 15.2. The number of amides is 1. The highest BCUT2D eigenvalue weighted by Gasteiger charge is 2.16. The highest BCUT2D eigenvalue weighted by atomic mass is 35.5. The first-order valence-electron chi connectivity index (χ1n) is 6.45. The lowest BCUT2D eigenvalue weighted by molar-refractivity contribution is 0.102. The van der Waals surface area contributed by atoms with Gasteiger partial charge < -0.3 is 0 Å². The van der Waals surface area contributed by atoms with E-state index in [1.807, 2.05) is 19.9 Å². The van der Waals surface area contributed by atoms with Crippen LogP contribution >= 0.6 is 34.5 Å². The summed E-state index contributed by atoms with van der Waals surface area (Å²) >= 11 is 13.2. The maximum Gasteiger partial charge on any atom is 0.277 e. The lowest BCUT2D eigenvalue weighted by Crippen LogP contribution is -2.14. The van der Waals surface area contributed by atoms with E-state index in [2.05, 4.69) is 21.4 Å². The van der Waals surface area contributed by atoms with Gasteiger partial charge in [0.15, 0.2) is 5.13 Å². The smallest absolute Gasteiger partial charge is 0.277 e. The van der Waals surface area contributed by atoms with Crippen molar-refractivity contribution in [3.8, 4) is 0 Å². The maximum atomic E-state index is 12.3. The van der Waals surface area contributed by atoms with Gasteiger partial charge in [0, 0.05) is 0 Å². The third kappa shape index (κ3) is 2.92. The van der Waals surface area contributed by atoms with E-state index in [0.29, 0.717) is 5.13 Å². The van der Waals surface area contributed by atoms with Gasteiger partial charge in [0.25, 0.3) is 5.91 Å². The normalized spacial score (nSPS) is 10.9. The number of halogens is 2. The number of nitrogens with zero attached hydrogens (tertiary/aromatic N) is 2. The van der Waals surface area contributed by atoms with Crippen molar-refractivity contribution in [3.63, 3.8) is 0 Å². The first-order chi connectivity index (χ1) is 10.4. The maximum absolute atomic E-state index is 12.3. The second kappa shape index (κ2) is 5.83. The number of carbonyl (C=O) groups excluding carboxylic acids is 1. The molecule has 0 saturated heterocycles. The number of pyridine rings is 1. The lowest BCUT2D eigenvalue weighted by atomic mass is 10.1. The van der Waals surface area contributed by atoms with Crippen LogP contribution in [-0.4, -0.2) is 15.9 Å². The Balaban J connectivity index is 1.94. The summed E-state index contributed by atoms with van der Waals surface area (Å²) in [7, 11) is 0. The topological polar surface area (TPSA) is 54.9 Å². The average Bonchev–Trinajstić information content (AvgIpc) is 2.84. The Labute approximate surface area is 141 Å². The molecule has 0 saturated carbocycles. The summed E-state index contributed by atoms with van der Waals surface area (Å²) in [6, 6.07) is 7.17. The zero-order chi connectivity index (χ0) is 15.9. The van der Waals surface area contributed by atoms with Gasteiger partial charge in [-0.05, 0) is 43.2 Å². The van der Waals surface area contributed by atoms with Crippen LogP contribution in [0.1, 0.15) is 21.6 Å². The SMILES string of the molecule is Cc1cc(C)c2nc(NC(=O)c3nc(Cl)ccc3Cl)sc2c1. The molecular formula is C15H11Cl2N3OS. The van der Waals surface area contributed by atoms with Crippen LogP contribution in [0, 0.1) is 13.8 Å². The number of carbonyl (C=O) groups is 1. The Morgan fingerprint density at radius 2 is 1.95 bits per heavy atom. The van der Waals surface area contributed by atoms with E-state index >= 15 is 0 Å². The Morgan fingerprint density at radius 1 is 1.18 bits per heavy atom. The predicted molar refractivity (Wildman–Crippen MR) is 91.3 cm³/mol. The van der Waals surface area contributed by atoms with Gasteiger partial charge in [0.2, 0.25) is 0 Å². The monoisotopic (exact) mass is 351 g/mol. The summed E-state index contributed by atoms with van der Waals surface area (Å²) in [4.78, 5) is 20.7. The van der Waals surface area contributed by atoms with Crippen molar-refractivity contribution < 1.29 is 4.79 Å². The average molecular weight is 352 g/mol. The summed E-state index contributed by atoms with van der Waals surface area (Å²) in [5.41, 5.74) is 3.20. The molecule has 1 amide bonds. The predicted octanol–water partition coefficient (Wildman–Crippen LogP) is 4.87. The molecule has 0 radical (unpaired) electrons. The van der Waals surface area contributed by atoms with Gasteiger partial charge in [-0.25, -0.2) is 9.97 Å². The standard InChI is InChI=1S/C15H11Cl2N3OS/c1-7-5-8(2)12-10(6-7)22-15(19-12)20-14(21)13-9(16)3-4-11(17)18-13/h3-6H,1-2H3,(H,19,20,21). The molecule has 1 N–H and O–H groups in total. The summed E-state index contributed by atoms with van der Waals surface area (Å²) in [5.74, 6) is -0.430. The Hall–Kier alpha value is -1.69. The highest BCUT2D eigenvalue weighted by Crippen LogP contribution is 2.30. The quantitative estimate of drug-likeness (QED) is 0.670. The molecule has 7 heteroatoms. The third-order valence-corrected chi connectivity index (χ3v) is 4.51. The highest BCUT2D eigenvalue weighted by molar-refractivity contribution is 7.22. The molecule has 0 aliphatic rings. The molecule has 2 aromatic heterocycles. The van der Waals surface area contributed by atoms with E-state index in [9.17, 15) is 4.79 Å². The molecule has 3 rings (SSSR count). The van der Waals surface area contributed by atoms with E-state index in [4.69, 9.17) is 23.2 Å². The lowest BCUT2D eigenvalue weighted by Gasteiger charge is -2.03. The molecule has 0 aliphatic heterocycles. The number of aromatic nitrogens is 2. The van der Waals surface area contributed by atoms with Gasteiger partial charge in [0.05, 0.1) is 15.2 Å². The summed E-state index contributed by atoms with van der Waals surface area (Å²) in [6.45, 7) is 4.02. The zero-order valence-electron chi connectivity index (χ0n) is 11.8. The minimum atomic E-state index is -0.430. The second-order valence-corrected chi connectivity index (χ2v) is 6.69. The molecule has 0 fully saturated rings. The molecule has 0 atom stereocenters. The van der Waals surface area contributed by atoms with Gasteiger partial charge in [-0.3, -0.25) is 10.1 Å². The molecule has 0 bridgehead atoms. The van der Waals surface area contributed by atoms with Gasteiger partial charge in [-0.15, -0.1) is 0 Å². The molecule has 22 heavy (non-hydrogen) atoms. The van der Waals surface area contributed by atoms with E-state index in [-0.39, 0.29) is 15.9 Å². The number of aryl methyl sites for hydroxylation is 2. The fraction of sp³-hybridized carbons (Fsp3) is 0.133. The van der Waals surface area contributed by atoms with Crippen molar-refractivity contribution in [1.82, 2.24) is 9.97 Å². The number of rotatable bonds is 2. The van der Waals surface area contributed by atoms with E-state index in [0.717, 1.165) is 21.3 Å². The van der Waals surface area contributed by atoms with Crippen LogP contribution in [0.15, 0.2) is 24.3 Å². The fourth-order valence-corrected chi connectivity index (χ4v) is 3.53. The van der Waals surface area contributed by atoms with Crippen LogP contribution in [0.3, 0.4) is 0 Å². The minimum Gasteiger partial charge on any atom is -0.296 e. The van der Waals surface area contributed by atoms with E-state index in [1.54, 1.807) is 0 Å². The van der Waals surface area contributed by atoms with Crippen molar-refractivity contribution in [2.75, 3.05) is 5.32 Å². The second-order valence-electron chi connectivity index (χ2n) is 4.87. The van der Waals surface area contributed by atoms with Crippen LogP contribution in [0.2, 0.25) is 10.2 Å². The van der Waals surface area contributed by atoms with Crippen molar-refractivity contribution in [1.29, 1.82) is 0 Å². The number of anilines is 1. The number of hydrogen-bond acceptors (Lipinski definition) is 4. The van der Waals surface area contributed by atoms with E-state index in [1.165, 1.54) is 23.5 Å². The van der Waals surface area contributed by atoms with Gasteiger partial charge in [0.1, 0.15) is 10.8 Å². The summed E-state index contributed by atoms with van der Waals surface area (Å²) in [6.07, 6.45) is 0. The Kier molecular flexibility index (Phi) is 4.04. The van der Waals surface area contributed by atoms with Crippen molar-refractivity contribution in [3.05, 3.63) is 51.3 Å². The number of hydrogen-bond donors (Lipinski definition) is 1. The largest absolute Gasteiger partial charge is 0.296 e. The number of benzene rings is 1. The molecule has 3 aromatic rings. The Bertz CT molecular complexity index is 892. The molecule has 0 aliphatic carbocycles. The van der Waals surface area contributed by atoms with Gasteiger partial charge >= 0.3 is 0 Å². The van der Waals surface area contributed by atoms with Crippen LogP contribution in [0.25, 0.3) is 10.2 Å². The summed E-state index contributed by atoms with van der Waals surface area (Å²) < 4.78 is 1.03. The molecule has 2 heterocycles. The first-order valence-corrected chi connectivity index (χ1v) is 8.02. The van der Waals surface area contributed by atoms with Gasteiger partial charge in [-0.2, -0.15) is 0 Å². The van der Waals surface area contributed by atoms with Crippen LogP contribution in [-0.2, 0) is 0 Å². The Morgan fingerprint density at radius 3 is 2.73 bits per heavy atom. The van der Waals surface area contributed by atoms with Crippen molar-refractivity contribution >= 4 is 55.8 Å². The van der Waals surface area contributed by atoms with Gasteiger partial charge in [-0.1, -0.05) is 40.6 Å². The third-order valence-electron chi connectivity index (χ3n) is 3.08. The minimum absolute atomic E-state index is 0.0846. The van der Waals surface area contributed by atoms with Crippen molar-refractivity contribution in [2.45, 2.75) is 13.8 Å². The number of fused-ring (bicyclic) bond motifs is 1. The van der Waals surface area contributed by atoms with Crippen LogP contribution < -0.4 is 5.32 Å². The molecule has 1 aromatic carbocycles. The van der Waals surface area contributed by atoms with Crippen LogP contribution in [0.4, 0.5) is 5.13 Å². The molecule has 0 unspecified atom stereocenters.